The van der Waals surface area contributed by atoms with Crippen molar-refractivity contribution in [3.8, 4) is 5.75 Å². The quantitative estimate of drug-likeness (QED) is 0.479. The van der Waals surface area contributed by atoms with Crippen LogP contribution in [0.4, 0.5) is 13.2 Å². The van der Waals surface area contributed by atoms with Crippen molar-refractivity contribution in [2.45, 2.75) is 5.51 Å². The highest BCUT2D eigenvalue weighted by Crippen LogP contribution is 2.27. The van der Waals surface area contributed by atoms with Gasteiger partial charge in [0, 0.05) is 12.6 Å². The van der Waals surface area contributed by atoms with Gasteiger partial charge >= 0.3 is 15.6 Å². The van der Waals surface area contributed by atoms with Gasteiger partial charge in [-0.2, -0.15) is 21.6 Å². The number of hydroxylamine groups is 2. The van der Waals surface area contributed by atoms with Crippen LogP contribution in [-0.2, 0) is 15.0 Å². The molecule has 1 aromatic rings. The summed E-state index contributed by atoms with van der Waals surface area (Å²) >= 11 is 0. The molecule has 0 aliphatic rings. The van der Waals surface area contributed by atoms with E-state index in [1.165, 1.54) is 14.2 Å². The summed E-state index contributed by atoms with van der Waals surface area (Å²) in [5, 5.41) is 0.891. The molecule has 0 aliphatic heterocycles. The number of carbonyl (C=O) groups is 1. The lowest BCUT2D eigenvalue weighted by Crippen LogP contribution is -2.28. The van der Waals surface area contributed by atoms with Gasteiger partial charge in [-0.15, -0.1) is 0 Å². The van der Waals surface area contributed by atoms with Gasteiger partial charge in [-0.3, -0.25) is 9.63 Å². The lowest BCUT2D eigenvalue weighted by atomic mass is 10.2. The Morgan fingerprint density at radius 2 is 1.70 bits per heavy atom. The standard InChI is InChI=1S/C10H10F3NO5S/c1-14(18-2)9(15)7-3-5-8(6-4-7)19-20(16,17)10(11,12)13/h3-6H,1-2H3. The summed E-state index contributed by atoms with van der Waals surface area (Å²) in [6.45, 7) is 0. The Kier molecular flexibility index (Phi) is 4.61. The molecule has 0 fully saturated rings. The Morgan fingerprint density at radius 3 is 2.10 bits per heavy atom. The van der Waals surface area contributed by atoms with Crippen LogP contribution in [0.3, 0.4) is 0 Å². The van der Waals surface area contributed by atoms with E-state index in [9.17, 15) is 26.4 Å². The number of amides is 1. The molecule has 1 rings (SSSR count). The lowest BCUT2D eigenvalue weighted by Gasteiger charge is -2.14. The van der Waals surface area contributed by atoms with E-state index in [2.05, 4.69) is 9.02 Å². The van der Waals surface area contributed by atoms with Crippen LogP contribution in [0.25, 0.3) is 0 Å². The molecule has 0 atom stereocenters. The highest BCUT2D eigenvalue weighted by atomic mass is 32.2. The minimum Gasteiger partial charge on any atom is -0.376 e. The third-order valence-corrected chi connectivity index (χ3v) is 3.13. The maximum absolute atomic E-state index is 12.1. The smallest absolute Gasteiger partial charge is 0.376 e. The van der Waals surface area contributed by atoms with Crippen LogP contribution < -0.4 is 4.18 Å². The minimum absolute atomic E-state index is 0.0890. The molecule has 112 valence electrons. The zero-order chi connectivity index (χ0) is 15.6. The van der Waals surface area contributed by atoms with Gasteiger partial charge < -0.3 is 4.18 Å². The lowest BCUT2D eigenvalue weighted by molar-refractivity contribution is -0.0757. The molecule has 0 N–H and O–H groups in total. The van der Waals surface area contributed by atoms with E-state index < -0.39 is 27.3 Å². The fraction of sp³-hybridized carbons (Fsp3) is 0.300. The predicted octanol–water partition coefficient (Wildman–Crippen LogP) is 1.55. The number of benzene rings is 1. The van der Waals surface area contributed by atoms with Crippen LogP contribution in [0.1, 0.15) is 10.4 Å². The van der Waals surface area contributed by atoms with Crippen LogP contribution >= 0.6 is 0 Å². The van der Waals surface area contributed by atoms with Crippen molar-refractivity contribution in [2.24, 2.45) is 0 Å². The van der Waals surface area contributed by atoms with Gasteiger partial charge in [0.05, 0.1) is 7.11 Å². The van der Waals surface area contributed by atoms with Crippen LogP contribution in [0.5, 0.6) is 5.75 Å². The second-order valence-corrected chi connectivity index (χ2v) is 5.03. The summed E-state index contributed by atoms with van der Waals surface area (Å²) in [6, 6.07) is 4.08. The van der Waals surface area contributed by atoms with Gasteiger partial charge in [-0.25, -0.2) is 5.06 Å². The molecule has 10 heteroatoms. The Morgan fingerprint density at radius 1 is 1.20 bits per heavy atom. The maximum atomic E-state index is 12.1. The fourth-order valence-electron chi connectivity index (χ4n) is 1.09. The maximum Gasteiger partial charge on any atom is 0.534 e. The first-order chi connectivity index (χ1) is 9.08. The summed E-state index contributed by atoms with van der Waals surface area (Å²) in [4.78, 5) is 16.2. The molecule has 20 heavy (non-hydrogen) atoms. The van der Waals surface area contributed by atoms with E-state index in [4.69, 9.17) is 0 Å². The van der Waals surface area contributed by atoms with Crippen molar-refractivity contribution in [3.05, 3.63) is 29.8 Å². The molecular formula is C10H10F3NO5S. The molecule has 1 amide bonds. The number of alkyl halides is 3. The monoisotopic (exact) mass is 313 g/mol. The molecule has 0 spiro atoms. The zero-order valence-electron chi connectivity index (χ0n) is 10.3. The van der Waals surface area contributed by atoms with Crippen LogP contribution in [-0.4, -0.2) is 39.1 Å². The van der Waals surface area contributed by atoms with Crippen LogP contribution in [0.2, 0.25) is 0 Å². The number of nitrogens with zero attached hydrogens (tertiary/aromatic N) is 1. The molecule has 0 radical (unpaired) electrons. The van der Waals surface area contributed by atoms with Gasteiger partial charge in [0.1, 0.15) is 5.75 Å². The Labute approximate surface area is 112 Å². The predicted molar refractivity (Wildman–Crippen MR) is 61.1 cm³/mol. The van der Waals surface area contributed by atoms with Gasteiger partial charge in [0.25, 0.3) is 5.91 Å². The van der Waals surface area contributed by atoms with E-state index in [0.717, 1.165) is 29.3 Å². The Hall–Kier alpha value is -1.81. The molecule has 1 aromatic carbocycles. The number of rotatable bonds is 4. The van der Waals surface area contributed by atoms with Gasteiger partial charge in [0.15, 0.2) is 0 Å². The molecule has 0 saturated carbocycles. The topological polar surface area (TPSA) is 72.9 Å². The van der Waals surface area contributed by atoms with Crippen molar-refractivity contribution in [1.29, 1.82) is 0 Å². The van der Waals surface area contributed by atoms with Gasteiger partial charge in [-0.05, 0) is 24.3 Å². The molecule has 6 nitrogen and oxygen atoms in total. The van der Waals surface area contributed by atoms with Crippen molar-refractivity contribution in [3.63, 3.8) is 0 Å². The van der Waals surface area contributed by atoms with Crippen LogP contribution in [0, 0.1) is 0 Å². The second-order valence-electron chi connectivity index (χ2n) is 3.49. The largest absolute Gasteiger partial charge is 0.534 e. The molecule has 0 aromatic heterocycles. The summed E-state index contributed by atoms with van der Waals surface area (Å²) in [7, 11) is -3.14. The normalized spacial score (nSPS) is 12.1. The molecular weight excluding hydrogens is 303 g/mol. The molecule has 0 aliphatic carbocycles. The van der Waals surface area contributed by atoms with Crippen molar-refractivity contribution < 1.29 is 35.4 Å². The number of carbonyl (C=O) groups excluding carboxylic acids is 1. The van der Waals surface area contributed by atoms with Gasteiger partial charge in [-0.1, -0.05) is 0 Å². The first kappa shape index (κ1) is 16.2. The second kappa shape index (κ2) is 5.67. The fourth-order valence-corrected chi connectivity index (χ4v) is 1.55. The van der Waals surface area contributed by atoms with Crippen molar-refractivity contribution >= 4 is 16.0 Å². The van der Waals surface area contributed by atoms with E-state index in [0.29, 0.717) is 0 Å². The average Bonchev–Trinajstić information content (AvgIpc) is 2.36. The highest BCUT2D eigenvalue weighted by molar-refractivity contribution is 7.87. The summed E-state index contributed by atoms with van der Waals surface area (Å²) in [6.07, 6.45) is 0. The number of halogens is 3. The summed E-state index contributed by atoms with van der Waals surface area (Å²) in [5.74, 6) is -1.11. The highest BCUT2D eigenvalue weighted by Gasteiger charge is 2.48. The third-order valence-electron chi connectivity index (χ3n) is 2.15. The Bertz CT molecular complexity index is 582. The van der Waals surface area contributed by atoms with Crippen molar-refractivity contribution in [1.82, 2.24) is 5.06 Å². The van der Waals surface area contributed by atoms with Crippen molar-refractivity contribution in [2.75, 3.05) is 14.2 Å². The molecule has 0 saturated heterocycles. The number of hydrogen-bond donors (Lipinski definition) is 0. The summed E-state index contributed by atoms with van der Waals surface area (Å²) in [5.41, 5.74) is -5.43. The Balaban J connectivity index is 2.91. The first-order valence-electron chi connectivity index (χ1n) is 5.01. The van der Waals surface area contributed by atoms with E-state index in [1.54, 1.807) is 0 Å². The van der Waals surface area contributed by atoms with Gasteiger partial charge in [0.2, 0.25) is 0 Å². The van der Waals surface area contributed by atoms with E-state index in [-0.39, 0.29) is 5.56 Å². The van der Waals surface area contributed by atoms with E-state index in [1.807, 2.05) is 0 Å². The molecule has 0 bridgehead atoms. The summed E-state index contributed by atoms with van der Waals surface area (Å²) < 4.78 is 61.6. The SMILES string of the molecule is CON(C)C(=O)c1ccc(OS(=O)(=O)C(F)(F)F)cc1. The van der Waals surface area contributed by atoms with E-state index >= 15 is 0 Å². The molecule has 0 heterocycles. The van der Waals surface area contributed by atoms with Crippen LogP contribution in [0.15, 0.2) is 24.3 Å². The third kappa shape index (κ3) is 3.61. The first-order valence-corrected chi connectivity index (χ1v) is 6.42. The average molecular weight is 313 g/mol. The zero-order valence-corrected chi connectivity index (χ0v) is 11.2. The molecule has 0 unspecified atom stereocenters. The minimum atomic E-state index is -5.72. The number of hydrogen-bond acceptors (Lipinski definition) is 5.